The first-order valence-electron chi connectivity index (χ1n) is 22.6. The minimum atomic E-state index is 0.858. The molecule has 0 saturated heterocycles. The van der Waals surface area contributed by atoms with Crippen molar-refractivity contribution in [3.8, 4) is 33.8 Å². The Hall–Kier alpha value is -8.18. The molecule has 0 atom stereocenters. The van der Waals surface area contributed by atoms with Crippen molar-refractivity contribution in [2.45, 2.75) is 13.8 Å². The van der Waals surface area contributed by atoms with Crippen LogP contribution in [-0.4, -0.2) is 0 Å². The van der Waals surface area contributed by atoms with Crippen LogP contribution in [-0.2, 0) is 0 Å². The van der Waals surface area contributed by atoms with E-state index in [1.165, 1.54) is 74.9 Å². The van der Waals surface area contributed by atoms with Crippen molar-refractivity contribution in [2.24, 2.45) is 0 Å². The summed E-state index contributed by atoms with van der Waals surface area (Å²) in [6.07, 6.45) is 0. The molecule has 1 aliphatic rings. The third-order valence-corrected chi connectivity index (χ3v) is 14.4. The highest BCUT2D eigenvalue weighted by atomic mass is 32.1. The molecule has 0 N–H and O–H groups in total. The second kappa shape index (κ2) is 15.2. The molecule has 66 heavy (non-hydrogen) atoms. The van der Waals surface area contributed by atoms with Gasteiger partial charge >= 0.3 is 0 Å². The summed E-state index contributed by atoms with van der Waals surface area (Å²) < 4.78 is 9.53. The average Bonchev–Trinajstić information content (AvgIpc) is 3.72. The van der Waals surface area contributed by atoms with E-state index in [2.05, 4.69) is 242 Å². The molecule has 2 heterocycles. The maximum atomic E-state index is 6.99. The van der Waals surface area contributed by atoms with Crippen LogP contribution in [0, 0.1) is 13.8 Å². The number of hydrogen-bond donors (Lipinski definition) is 0. The lowest BCUT2D eigenvalue weighted by atomic mass is 9.85. The van der Waals surface area contributed by atoms with E-state index in [9.17, 15) is 0 Å². The molecule has 0 radical (unpaired) electrons. The Morgan fingerprint density at radius 2 is 0.818 bits per heavy atom. The first-order valence-corrected chi connectivity index (χ1v) is 23.4. The smallest absolute Gasteiger partial charge is 0.137 e. The number of fused-ring (bicyclic) bond motifs is 9. The van der Waals surface area contributed by atoms with E-state index >= 15 is 0 Å². The number of para-hydroxylation sites is 4. The number of nitrogens with zero attached hydrogens (tertiary/aromatic N) is 2. The summed E-state index contributed by atoms with van der Waals surface area (Å²) in [6.45, 7) is 4.39. The SMILES string of the molecule is Cc1ccc2c(-c3ccc4c(c3)sc3cc(N(c5ccccc5)c5ccccc5)ccc34)cc3c4cc(C)cc5c4c(cc3c2c1)-c1ccc(N(c2ccccc2)c2ccccc2)cc1O5. The zero-order valence-electron chi connectivity index (χ0n) is 36.5. The van der Waals surface area contributed by atoms with E-state index in [1.54, 1.807) is 0 Å². The Morgan fingerprint density at radius 1 is 0.318 bits per heavy atom. The summed E-state index contributed by atoms with van der Waals surface area (Å²) in [5, 5.41) is 9.93. The van der Waals surface area contributed by atoms with Crippen LogP contribution in [0.5, 0.6) is 11.5 Å². The number of hydrogen-bond acceptors (Lipinski definition) is 4. The predicted molar refractivity (Wildman–Crippen MR) is 282 cm³/mol. The molecule has 3 nitrogen and oxygen atoms in total. The van der Waals surface area contributed by atoms with Gasteiger partial charge in [0.25, 0.3) is 0 Å². The molecule has 4 heteroatoms. The van der Waals surface area contributed by atoms with E-state index in [4.69, 9.17) is 4.74 Å². The summed E-state index contributed by atoms with van der Waals surface area (Å²) in [6, 6.07) is 79.4. The normalized spacial score (nSPS) is 11.9. The minimum absolute atomic E-state index is 0.858. The molecule has 1 aliphatic heterocycles. The van der Waals surface area contributed by atoms with Gasteiger partial charge < -0.3 is 14.5 Å². The molecule has 1 aromatic heterocycles. The molecule has 0 unspecified atom stereocenters. The minimum Gasteiger partial charge on any atom is -0.456 e. The van der Waals surface area contributed by atoms with Gasteiger partial charge in [-0.2, -0.15) is 0 Å². The fraction of sp³-hybridized carbons (Fsp3) is 0.0323. The molecule has 11 aromatic carbocycles. The van der Waals surface area contributed by atoms with Crippen LogP contribution in [0.3, 0.4) is 0 Å². The van der Waals surface area contributed by atoms with Gasteiger partial charge in [0.2, 0.25) is 0 Å². The number of ether oxygens (including phenoxy) is 1. The van der Waals surface area contributed by atoms with Gasteiger partial charge in [-0.1, -0.05) is 121 Å². The Morgan fingerprint density at radius 3 is 1.45 bits per heavy atom. The summed E-state index contributed by atoms with van der Waals surface area (Å²) in [5.74, 6) is 1.75. The fourth-order valence-electron chi connectivity index (χ4n) is 10.3. The maximum absolute atomic E-state index is 6.99. The second-order valence-corrected chi connectivity index (χ2v) is 18.6. The number of aryl methyl sites for hydroxylation is 2. The lowest BCUT2D eigenvalue weighted by Crippen LogP contribution is -2.10. The van der Waals surface area contributed by atoms with Gasteiger partial charge in [-0.3, -0.25) is 0 Å². The highest BCUT2D eigenvalue weighted by Crippen LogP contribution is 2.53. The molecular formula is C62H42N2OS. The van der Waals surface area contributed by atoms with Gasteiger partial charge in [0.15, 0.2) is 0 Å². The van der Waals surface area contributed by atoms with Crippen LogP contribution in [0.25, 0.3) is 74.7 Å². The van der Waals surface area contributed by atoms with Gasteiger partial charge in [0.05, 0.1) is 0 Å². The zero-order chi connectivity index (χ0) is 43.9. The Bertz CT molecular complexity index is 3790. The summed E-state index contributed by atoms with van der Waals surface area (Å²) in [5.41, 5.74) is 13.8. The van der Waals surface area contributed by atoms with Gasteiger partial charge in [-0.15, -0.1) is 11.3 Å². The first kappa shape index (κ1) is 38.3. The second-order valence-electron chi connectivity index (χ2n) is 17.5. The first-order chi connectivity index (χ1) is 32.5. The van der Waals surface area contributed by atoms with Crippen molar-refractivity contribution in [3.63, 3.8) is 0 Å². The van der Waals surface area contributed by atoms with Crippen molar-refractivity contribution in [1.29, 1.82) is 0 Å². The molecule has 0 spiro atoms. The maximum Gasteiger partial charge on any atom is 0.137 e. The zero-order valence-corrected chi connectivity index (χ0v) is 37.3. The highest BCUT2D eigenvalue weighted by molar-refractivity contribution is 7.25. The molecule has 0 aliphatic carbocycles. The summed E-state index contributed by atoms with van der Waals surface area (Å²) in [7, 11) is 0. The topological polar surface area (TPSA) is 15.7 Å². The van der Waals surface area contributed by atoms with Crippen molar-refractivity contribution in [2.75, 3.05) is 9.80 Å². The van der Waals surface area contributed by atoms with Gasteiger partial charge in [0.1, 0.15) is 11.5 Å². The summed E-state index contributed by atoms with van der Waals surface area (Å²) >= 11 is 1.87. The van der Waals surface area contributed by atoms with Crippen molar-refractivity contribution >= 4 is 98.0 Å². The average molecular weight is 863 g/mol. The Balaban J connectivity index is 0.965. The molecule has 0 amide bonds. The number of anilines is 6. The quantitative estimate of drug-likeness (QED) is 0.149. The molecule has 0 saturated carbocycles. The standard InChI is InChI=1S/C62H42N2OS/c1-39-23-27-48-52(41-24-28-50-51-30-26-47(36-61(51)66-60(50)34-41)64(44-19-11-5-12-20-44)45-21-13-6-14-22-45)37-55-54(53(48)31-39)38-57-49-29-25-46(35-58(49)65-59-33-40(2)32-56(55)62(57)59)63(42-15-7-3-8-16-42)43-17-9-4-10-18-43/h3-38H,1-2H3. The van der Waals surface area contributed by atoms with Gasteiger partial charge in [-0.25, -0.2) is 0 Å². The molecule has 0 bridgehead atoms. The van der Waals surface area contributed by atoms with E-state index in [0.29, 0.717) is 0 Å². The monoisotopic (exact) mass is 862 g/mol. The van der Waals surface area contributed by atoms with E-state index < -0.39 is 0 Å². The van der Waals surface area contributed by atoms with Crippen LogP contribution in [0.4, 0.5) is 34.1 Å². The Labute approximate surface area is 387 Å². The third kappa shape index (κ3) is 6.25. The Kier molecular flexibility index (Phi) is 8.84. The fourth-order valence-corrected chi connectivity index (χ4v) is 11.5. The molecular weight excluding hydrogens is 821 g/mol. The van der Waals surface area contributed by atoms with E-state index in [0.717, 1.165) is 56.6 Å². The number of benzene rings is 11. The predicted octanol–water partition coefficient (Wildman–Crippen LogP) is 18.5. The van der Waals surface area contributed by atoms with Crippen molar-refractivity contribution in [3.05, 3.63) is 230 Å². The van der Waals surface area contributed by atoms with Crippen molar-refractivity contribution in [1.82, 2.24) is 0 Å². The number of rotatable bonds is 7. The van der Waals surface area contributed by atoms with Crippen LogP contribution >= 0.6 is 11.3 Å². The van der Waals surface area contributed by atoms with Gasteiger partial charge in [0, 0.05) is 71.3 Å². The highest BCUT2D eigenvalue weighted by Gasteiger charge is 2.26. The van der Waals surface area contributed by atoms with E-state index in [-0.39, 0.29) is 0 Å². The molecule has 12 aromatic rings. The molecule has 312 valence electrons. The lowest BCUT2D eigenvalue weighted by molar-refractivity contribution is 0.487. The third-order valence-electron chi connectivity index (χ3n) is 13.2. The lowest BCUT2D eigenvalue weighted by Gasteiger charge is -2.28. The van der Waals surface area contributed by atoms with E-state index in [1.807, 2.05) is 11.3 Å². The molecule has 0 fully saturated rings. The van der Waals surface area contributed by atoms with Gasteiger partial charge in [-0.05, 0) is 160 Å². The van der Waals surface area contributed by atoms with Crippen molar-refractivity contribution < 1.29 is 4.74 Å². The summed E-state index contributed by atoms with van der Waals surface area (Å²) in [4.78, 5) is 4.63. The largest absolute Gasteiger partial charge is 0.456 e. The van der Waals surface area contributed by atoms with Crippen LogP contribution < -0.4 is 14.5 Å². The van der Waals surface area contributed by atoms with Crippen LogP contribution in [0.1, 0.15) is 11.1 Å². The van der Waals surface area contributed by atoms with Crippen LogP contribution in [0.15, 0.2) is 218 Å². The molecule has 13 rings (SSSR count). The van der Waals surface area contributed by atoms with Crippen LogP contribution in [0.2, 0.25) is 0 Å². The number of thiophene rings is 1.